The normalized spacial score (nSPS) is 15.8. The lowest BCUT2D eigenvalue weighted by atomic mass is 10.0. The summed E-state index contributed by atoms with van der Waals surface area (Å²) >= 11 is 0. The third-order valence-corrected chi connectivity index (χ3v) is 3.43. The molecule has 0 aliphatic carbocycles. The number of rotatable bonds is 4. The van der Waals surface area contributed by atoms with Gasteiger partial charge in [-0.15, -0.1) is 0 Å². The SMILES string of the molecule is CC.CC1CCC(=O)NC1=O.CCCC(=O)c1ccc(F)cc1C=O. The Morgan fingerprint density at radius 2 is 1.96 bits per heavy atom. The molecule has 138 valence electrons. The second kappa shape index (κ2) is 12.1. The summed E-state index contributed by atoms with van der Waals surface area (Å²) in [6.45, 7) is 7.70. The van der Waals surface area contributed by atoms with Gasteiger partial charge in [0.05, 0.1) is 0 Å². The summed E-state index contributed by atoms with van der Waals surface area (Å²) in [6.07, 6.45) is 2.80. The number of amides is 2. The Bertz CT molecular complexity index is 613. The highest BCUT2D eigenvalue weighted by Gasteiger charge is 2.21. The molecule has 5 nitrogen and oxygen atoms in total. The summed E-state index contributed by atoms with van der Waals surface area (Å²) in [7, 11) is 0. The number of nitrogens with one attached hydrogen (secondary N) is 1. The average Bonchev–Trinajstić information content (AvgIpc) is 2.60. The van der Waals surface area contributed by atoms with Crippen molar-refractivity contribution in [2.45, 2.75) is 53.4 Å². The van der Waals surface area contributed by atoms with Crippen molar-refractivity contribution in [2.24, 2.45) is 5.92 Å². The molecule has 25 heavy (non-hydrogen) atoms. The van der Waals surface area contributed by atoms with Crippen LogP contribution in [0.1, 0.15) is 74.1 Å². The maximum Gasteiger partial charge on any atom is 0.229 e. The first-order valence-corrected chi connectivity index (χ1v) is 8.50. The molecule has 0 aromatic heterocycles. The van der Waals surface area contributed by atoms with Crippen LogP contribution in [0.3, 0.4) is 0 Å². The predicted molar refractivity (Wildman–Crippen MR) is 93.9 cm³/mol. The van der Waals surface area contributed by atoms with Gasteiger partial charge in [0.1, 0.15) is 5.82 Å². The van der Waals surface area contributed by atoms with Crippen molar-refractivity contribution in [3.05, 3.63) is 35.1 Å². The number of piperidine rings is 1. The molecule has 1 fully saturated rings. The van der Waals surface area contributed by atoms with E-state index in [-0.39, 0.29) is 29.1 Å². The van der Waals surface area contributed by atoms with Gasteiger partial charge in [0.25, 0.3) is 0 Å². The van der Waals surface area contributed by atoms with Gasteiger partial charge in [-0.2, -0.15) is 0 Å². The number of imide groups is 1. The minimum absolute atomic E-state index is 0.0164. The standard InChI is InChI=1S/C11H11FO2.C6H9NO2.C2H6/c1-2-3-11(14)10-5-4-9(12)6-8(10)7-13;1-4-2-3-5(8)7-6(4)9;1-2/h4-7H,2-3H2,1H3;4H,2-3H2,1H3,(H,7,8,9);1-2H3. The van der Waals surface area contributed by atoms with Crippen LogP contribution in [0.4, 0.5) is 4.39 Å². The summed E-state index contributed by atoms with van der Waals surface area (Å²) in [5.74, 6) is -0.873. The van der Waals surface area contributed by atoms with Crippen LogP contribution >= 0.6 is 0 Å². The quantitative estimate of drug-likeness (QED) is 0.509. The molecule has 1 aromatic carbocycles. The van der Waals surface area contributed by atoms with Crippen LogP contribution in [0.15, 0.2) is 18.2 Å². The molecule has 0 radical (unpaired) electrons. The molecule has 0 spiro atoms. The zero-order chi connectivity index (χ0) is 19.4. The van der Waals surface area contributed by atoms with E-state index in [4.69, 9.17) is 0 Å². The number of halogens is 1. The Hall–Kier alpha value is -2.37. The molecular formula is C19H26FNO4. The number of benzene rings is 1. The topological polar surface area (TPSA) is 80.3 Å². The van der Waals surface area contributed by atoms with Crippen LogP contribution in [-0.2, 0) is 9.59 Å². The lowest BCUT2D eigenvalue weighted by molar-refractivity contribution is -0.135. The highest BCUT2D eigenvalue weighted by Crippen LogP contribution is 2.12. The Labute approximate surface area is 148 Å². The first-order chi connectivity index (χ1) is 11.9. The molecule has 1 aliphatic rings. The van der Waals surface area contributed by atoms with Gasteiger partial charge in [0, 0.05) is 29.9 Å². The number of ketones is 1. The van der Waals surface area contributed by atoms with Crippen LogP contribution in [0.2, 0.25) is 0 Å². The second-order valence-electron chi connectivity index (χ2n) is 5.37. The summed E-state index contributed by atoms with van der Waals surface area (Å²) in [5.41, 5.74) is 0.437. The maximum absolute atomic E-state index is 12.7. The van der Waals surface area contributed by atoms with Gasteiger partial charge in [-0.25, -0.2) is 4.39 Å². The first kappa shape index (κ1) is 22.6. The smallest absolute Gasteiger partial charge is 0.229 e. The van der Waals surface area contributed by atoms with E-state index >= 15 is 0 Å². The van der Waals surface area contributed by atoms with Gasteiger partial charge < -0.3 is 0 Å². The summed E-state index contributed by atoms with van der Waals surface area (Å²) in [4.78, 5) is 43.2. The van der Waals surface area contributed by atoms with Crippen molar-refractivity contribution in [1.82, 2.24) is 5.32 Å². The number of hydrogen-bond acceptors (Lipinski definition) is 4. The first-order valence-electron chi connectivity index (χ1n) is 8.50. The van der Waals surface area contributed by atoms with E-state index in [0.29, 0.717) is 37.5 Å². The zero-order valence-electron chi connectivity index (χ0n) is 15.2. The van der Waals surface area contributed by atoms with E-state index in [0.717, 1.165) is 6.07 Å². The van der Waals surface area contributed by atoms with Crippen molar-refractivity contribution in [3.8, 4) is 0 Å². The Morgan fingerprint density at radius 1 is 1.32 bits per heavy atom. The van der Waals surface area contributed by atoms with E-state index in [1.807, 2.05) is 27.7 Å². The Balaban J connectivity index is 0.000000451. The molecular weight excluding hydrogens is 325 g/mol. The lowest BCUT2D eigenvalue weighted by Crippen LogP contribution is -2.39. The van der Waals surface area contributed by atoms with E-state index < -0.39 is 5.82 Å². The highest BCUT2D eigenvalue weighted by atomic mass is 19.1. The molecule has 1 aromatic rings. The largest absolute Gasteiger partial charge is 0.298 e. The number of carbonyl (C=O) groups excluding carboxylic acids is 4. The van der Waals surface area contributed by atoms with Crippen molar-refractivity contribution < 1.29 is 23.6 Å². The van der Waals surface area contributed by atoms with Gasteiger partial charge >= 0.3 is 0 Å². The number of aldehydes is 1. The second-order valence-corrected chi connectivity index (χ2v) is 5.37. The van der Waals surface area contributed by atoms with E-state index in [1.54, 1.807) is 0 Å². The van der Waals surface area contributed by atoms with Crippen LogP contribution in [0, 0.1) is 11.7 Å². The zero-order valence-corrected chi connectivity index (χ0v) is 15.2. The van der Waals surface area contributed by atoms with Crippen LogP contribution in [0.5, 0.6) is 0 Å². The van der Waals surface area contributed by atoms with Crippen LogP contribution < -0.4 is 5.32 Å². The fraction of sp³-hybridized carbons (Fsp3) is 0.474. The van der Waals surface area contributed by atoms with Crippen molar-refractivity contribution >= 4 is 23.9 Å². The molecule has 2 rings (SSSR count). The Morgan fingerprint density at radius 3 is 2.44 bits per heavy atom. The van der Waals surface area contributed by atoms with Crippen molar-refractivity contribution in [1.29, 1.82) is 0 Å². The van der Waals surface area contributed by atoms with E-state index in [1.165, 1.54) is 12.1 Å². The van der Waals surface area contributed by atoms with Gasteiger partial charge in [-0.3, -0.25) is 24.5 Å². The highest BCUT2D eigenvalue weighted by molar-refractivity contribution is 6.02. The van der Waals surface area contributed by atoms with Gasteiger partial charge in [-0.1, -0.05) is 27.7 Å². The van der Waals surface area contributed by atoms with Crippen molar-refractivity contribution in [2.75, 3.05) is 0 Å². The number of Topliss-reactive ketones (excluding diaryl/α,β-unsaturated/α-hetero) is 1. The van der Waals surface area contributed by atoms with Crippen molar-refractivity contribution in [3.63, 3.8) is 0 Å². The molecule has 0 saturated carbocycles. The summed E-state index contributed by atoms with van der Waals surface area (Å²) < 4.78 is 12.7. The number of hydrogen-bond donors (Lipinski definition) is 1. The third kappa shape index (κ3) is 7.83. The van der Waals surface area contributed by atoms with Gasteiger partial charge in [0.15, 0.2) is 12.1 Å². The molecule has 0 bridgehead atoms. The predicted octanol–water partition coefficient (Wildman–Crippen LogP) is 3.71. The molecule has 1 saturated heterocycles. The molecule has 6 heteroatoms. The third-order valence-electron chi connectivity index (χ3n) is 3.43. The molecule has 2 amide bonds. The Kier molecular flexibility index (Phi) is 10.9. The molecule has 1 aliphatic heterocycles. The molecule has 1 atom stereocenters. The molecule has 1 heterocycles. The monoisotopic (exact) mass is 351 g/mol. The van der Waals surface area contributed by atoms with Crippen LogP contribution in [-0.4, -0.2) is 23.9 Å². The summed E-state index contributed by atoms with van der Waals surface area (Å²) in [5, 5.41) is 2.25. The van der Waals surface area contributed by atoms with E-state index in [9.17, 15) is 23.6 Å². The number of carbonyl (C=O) groups is 4. The van der Waals surface area contributed by atoms with Gasteiger partial charge in [0.2, 0.25) is 11.8 Å². The summed E-state index contributed by atoms with van der Waals surface area (Å²) in [6, 6.07) is 3.63. The molecule has 1 N–H and O–H groups in total. The minimum Gasteiger partial charge on any atom is -0.298 e. The molecule has 1 unspecified atom stereocenters. The average molecular weight is 351 g/mol. The lowest BCUT2D eigenvalue weighted by Gasteiger charge is -2.15. The fourth-order valence-corrected chi connectivity index (χ4v) is 2.05. The van der Waals surface area contributed by atoms with Gasteiger partial charge in [-0.05, 0) is 31.0 Å². The maximum atomic E-state index is 12.7. The minimum atomic E-state index is -0.500. The van der Waals surface area contributed by atoms with Crippen LogP contribution in [0.25, 0.3) is 0 Å². The fourth-order valence-electron chi connectivity index (χ4n) is 2.05. The van der Waals surface area contributed by atoms with E-state index in [2.05, 4.69) is 5.32 Å².